The number of aromatic carboxylic acids is 1. The van der Waals surface area contributed by atoms with E-state index in [0.717, 1.165) is 12.8 Å². The molecule has 10 heteroatoms. The number of benzene rings is 3. The van der Waals surface area contributed by atoms with Gasteiger partial charge >= 0.3 is 5.97 Å². The topological polar surface area (TPSA) is 90.0 Å². The maximum atomic E-state index is 16.0. The molecule has 210 valence electrons. The fourth-order valence-corrected chi connectivity index (χ4v) is 7.65. The summed E-state index contributed by atoms with van der Waals surface area (Å²) in [5.41, 5.74) is 0.703. The Morgan fingerprint density at radius 3 is 2.46 bits per heavy atom. The van der Waals surface area contributed by atoms with Crippen LogP contribution in [0.2, 0.25) is 10.0 Å². The van der Waals surface area contributed by atoms with Crippen molar-refractivity contribution < 1.29 is 23.9 Å². The molecule has 3 aromatic rings. The Balaban J connectivity index is 1.43. The van der Waals surface area contributed by atoms with Gasteiger partial charge < -0.3 is 15.3 Å². The van der Waals surface area contributed by atoms with Crippen LogP contribution in [-0.4, -0.2) is 57.9 Å². The molecule has 4 atom stereocenters. The van der Waals surface area contributed by atoms with Crippen LogP contribution in [0.3, 0.4) is 0 Å². The first-order valence-corrected chi connectivity index (χ1v) is 14.4. The highest BCUT2D eigenvalue weighted by atomic mass is 35.5. The van der Waals surface area contributed by atoms with Gasteiger partial charge in [0, 0.05) is 46.9 Å². The highest BCUT2D eigenvalue weighted by molar-refractivity contribution is 6.31. The molecule has 7 rings (SSSR count). The third-order valence-electron chi connectivity index (χ3n) is 9.16. The number of fused-ring (bicyclic) bond motifs is 3. The van der Waals surface area contributed by atoms with E-state index >= 15 is 4.39 Å². The first kappa shape index (κ1) is 26.4. The van der Waals surface area contributed by atoms with Crippen molar-refractivity contribution in [1.29, 1.82) is 0 Å². The Hall–Kier alpha value is -3.46. The van der Waals surface area contributed by atoms with Crippen LogP contribution in [0, 0.1) is 11.7 Å². The Kier molecular flexibility index (Phi) is 6.15. The van der Waals surface area contributed by atoms with Gasteiger partial charge in [-0.15, -0.1) is 0 Å². The van der Waals surface area contributed by atoms with Gasteiger partial charge in [-0.3, -0.25) is 14.5 Å². The number of rotatable bonds is 5. The molecule has 2 saturated heterocycles. The zero-order valence-corrected chi connectivity index (χ0v) is 23.3. The van der Waals surface area contributed by atoms with Crippen molar-refractivity contribution in [1.82, 2.24) is 9.80 Å². The van der Waals surface area contributed by atoms with Gasteiger partial charge in [-0.2, -0.15) is 0 Å². The lowest BCUT2D eigenvalue weighted by Crippen LogP contribution is -2.53. The zero-order chi connectivity index (χ0) is 28.6. The van der Waals surface area contributed by atoms with Crippen molar-refractivity contribution in [2.24, 2.45) is 5.92 Å². The molecule has 2 N–H and O–H groups in total. The lowest BCUT2D eigenvalue weighted by Gasteiger charge is -2.41. The van der Waals surface area contributed by atoms with Gasteiger partial charge in [0.05, 0.1) is 16.6 Å². The third-order valence-corrected chi connectivity index (χ3v) is 9.69. The van der Waals surface area contributed by atoms with Gasteiger partial charge in [0.1, 0.15) is 11.4 Å². The molecule has 3 heterocycles. The number of likely N-dealkylation sites (tertiary alicyclic amines) is 2. The molecule has 0 bridgehead atoms. The second-order valence-corrected chi connectivity index (χ2v) is 12.2. The molecule has 7 nitrogen and oxygen atoms in total. The van der Waals surface area contributed by atoms with E-state index in [0.29, 0.717) is 47.3 Å². The molecule has 1 saturated carbocycles. The highest BCUT2D eigenvalue weighted by Gasteiger charge is 2.70. The van der Waals surface area contributed by atoms with E-state index in [1.807, 2.05) is 6.07 Å². The maximum Gasteiger partial charge on any atom is 0.335 e. The van der Waals surface area contributed by atoms with Crippen LogP contribution < -0.4 is 5.32 Å². The molecule has 0 aromatic heterocycles. The number of carbonyl (C=O) groups is 3. The summed E-state index contributed by atoms with van der Waals surface area (Å²) in [6.07, 6.45) is 2.70. The molecule has 2 amide bonds. The number of anilines is 1. The largest absolute Gasteiger partial charge is 0.478 e. The van der Waals surface area contributed by atoms with Crippen LogP contribution in [0.4, 0.5) is 10.1 Å². The Labute approximate surface area is 245 Å². The highest BCUT2D eigenvalue weighted by Crippen LogP contribution is 2.61. The summed E-state index contributed by atoms with van der Waals surface area (Å²) < 4.78 is 16.0. The number of nitrogens with one attached hydrogen (secondary N) is 1. The summed E-state index contributed by atoms with van der Waals surface area (Å²) in [6.45, 7) is 1.06. The number of hydrogen-bond acceptors (Lipinski definition) is 4. The smallest absolute Gasteiger partial charge is 0.335 e. The summed E-state index contributed by atoms with van der Waals surface area (Å²) in [4.78, 5) is 43.7. The summed E-state index contributed by atoms with van der Waals surface area (Å²) in [5, 5.41) is 12.8. The number of carbonyl (C=O) groups excluding carboxylic acids is 2. The number of nitrogens with zero attached hydrogens (tertiary/aromatic N) is 2. The van der Waals surface area contributed by atoms with Crippen molar-refractivity contribution in [3.05, 3.63) is 98.8 Å². The minimum Gasteiger partial charge on any atom is -0.478 e. The van der Waals surface area contributed by atoms with E-state index in [-0.39, 0.29) is 34.0 Å². The Morgan fingerprint density at radius 2 is 1.76 bits per heavy atom. The predicted octanol–water partition coefficient (Wildman–Crippen LogP) is 5.77. The normalized spacial score (nSPS) is 26.8. The van der Waals surface area contributed by atoms with Crippen molar-refractivity contribution in [3.63, 3.8) is 0 Å². The molecule has 3 aromatic carbocycles. The van der Waals surface area contributed by atoms with E-state index in [1.165, 1.54) is 30.3 Å². The summed E-state index contributed by atoms with van der Waals surface area (Å²) >= 11 is 12.6. The van der Waals surface area contributed by atoms with Gasteiger partial charge in [0.25, 0.3) is 5.91 Å². The first-order chi connectivity index (χ1) is 19.7. The van der Waals surface area contributed by atoms with Crippen LogP contribution in [0.25, 0.3) is 0 Å². The molecule has 3 fully saturated rings. The summed E-state index contributed by atoms with van der Waals surface area (Å²) in [5.74, 6) is -2.61. The minimum absolute atomic E-state index is 0.0512. The molecule has 1 spiro atoms. The van der Waals surface area contributed by atoms with Crippen LogP contribution in [0.5, 0.6) is 0 Å². The first-order valence-electron chi connectivity index (χ1n) is 13.7. The Bertz CT molecular complexity index is 1610. The average Bonchev–Trinajstić information content (AvgIpc) is 3.51. The maximum absolute atomic E-state index is 16.0. The summed E-state index contributed by atoms with van der Waals surface area (Å²) in [7, 11) is 0. The standard InChI is InChI=1S/C31H26Cl2FN3O4/c32-19-10-11-21-23(14-19)35-30(41)31(21)25(20-2-1-3-22(33)26(20)34)27-24(37(31)15-16-4-5-16)12-13-36(27)28(38)17-6-8-18(9-7-17)29(39)40/h1-3,6-11,14,16,24-25,27H,4-5,12-13,15H2,(H,35,41)(H,39,40)/t24-,25-,27+,31+/m0/s1. The van der Waals surface area contributed by atoms with Crippen molar-refractivity contribution in [2.75, 3.05) is 18.4 Å². The molecule has 0 unspecified atom stereocenters. The van der Waals surface area contributed by atoms with Crippen molar-refractivity contribution >= 4 is 46.7 Å². The molecule has 3 aliphatic heterocycles. The van der Waals surface area contributed by atoms with E-state index in [9.17, 15) is 19.5 Å². The van der Waals surface area contributed by atoms with E-state index < -0.39 is 29.3 Å². The number of halogens is 3. The second kappa shape index (κ2) is 9.54. The number of carboxylic acid groups (broad SMARTS) is 1. The molecule has 4 aliphatic rings. The number of carboxylic acids is 1. The van der Waals surface area contributed by atoms with Crippen LogP contribution in [-0.2, 0) is 10.3 Å². The van der Waals surface area contributed by atoms with Gasteiger partial charge in [-0.05, 0) is 73.2 Å². The molecule has 1 aliphatic carbocycles. The lowest BCUT2D eigenvalue weighted by molar-refractivity contribution is -0.128. The van der Waals surface area contributed by atoms with Crippen LogP contribution >= 0.6 is 23.2 Å². The molecule has 0 radical (unpaired) electrons. The minimum atomic E-state index is -1.28. The quantitative estimate of drug-likeness (QED) is 0.392. The summed E-state index contributed by atoms with van der Waals surface area (Å²) in [6, 6.07) is 15.1. The van der Waals surface area contributed by atoms with Crippen molar-refractivity contribution in [3.8, 4) is 0 Å². The molecule has 41 heavy (non-hydrogen) atoms. The second-order valence-electron chi connectivity index (χ2n) is 11.4. The average molecular weight is 594 g/mol. The zero-order valence-electron chi connectivity index (χ0n) is 21.8. The van der Waals surface area contributed by atoms with E-state index in [2.05, 4.69) is 10.2 Å². The SMILES string of the molecule is O=C(O)c1ccc(C(=O)N2CC[C@H]3[C@@H]2[C@H](c2cccc(Cl)c2F)[C@]2(C(=O)Nc4cc(Cl)ccc42)N3CC2CC2)cc1. The van der Waals surface area contributed by atoms with Crippen LogP contribution in [0.1, 0.15) is 57.0 Å². The number of hydrogen-bond donors (Lipinski definition) is 2. The Morgan fingerprint density at radius 1 is 1.02 bits per heavy atom. The fraction of sp³-hybridized carbons (Fsp3) is 0.323. The van der Waals surface area contributed by atoms with Crippen molar-refractivity contribution in [2.45, 2.75) is 42.8 Å². The van der Waals surface area contributed by atoms with Gasteiger partial charge in [-0.25, -0.2) is 9.18 Å². The van der Waals surface area contributed by atoms with Gasteiger partial charge in [0.2, 0.25) is 5.91 Å². The monoisotopic (exact) mass is 593 g/mol. The van der Waals surface area contributed by atoms with E-state index in [4.69, 9.17) is 23.2 Å². The van der Waals surface area contributed by atoms with Crippen LogP contribution in [0.15, 0.2) is 60.7 Å². The molecular formula is C31H26Cl2FN3O4. The van der Waals surface area contributed by atoms with Gasteiger partial charge in [0.15, 0.2) is 0 Å². The predicted molar refractivity (Wildman–Crippen MR) is 152 cm³/mol. The fourth-order valence-electron chi connectivity index (χ4n) is 7.30. The third kappa shape index (κ3) is 3.91. The lowest BCUT2D eigenvalue weighted by atomic mass is 9.73. The van der Waals surface area contributed by atoms with E-state index in [1.54, 1.807) is 29.2 Å². The van der Waals surface area contributed by atoms with Gasteiger partial charge in [-0.1, -0.05) is 41.4 Å². The number of amides is 2. The molecular weight excluding hydrogens is 568 g/mol.